The molecule has 0 fully saturated rings. The van der Waals surface area contributed by atoms with Gasteiger partial charge >= 0.3 is 0 Å². The summed E-state index contributed by atoms with van der Waals surface area (Å²) in [6.45, 7) is 0.556. The quantitative estimate of drug-likeness (QED) is 0.840. The molecule has 0 saturated carbocycles. The summed E-state index contributed by atoms with van der Waals surface area (Å²) >= 11 is 0. The third-order valence-electron chi connectivity index (χ3n) is 3.48. The Balaban J connectivity index is 0.00000242. The van der Waals surface area contributed by atoms with Crippen molar-refractivity contribution in [2.75, 3.05) is 13.6 Å². The highest BCUT2D eigenvalue weighted by atomic mass is 35.5. The first-order chi connectivity index (χ1) is 10.2. The largest absolute Gasteiger partial charge is 0.342 e. The number of carbonyl (C=O) groups excluding carboxylic acids is 1. The molecule has 2 aromatic carbocycles. The standard InChI is InChI=1S/C18H18N2O.ClH/c1-20(18(21)16-10-6-3-7-11-16)13-12-17(14-19)15-8-4-2-5-9-15;/h2-11,17H,12-13H2,1H3;1H. The third kappa shape index (κ3) is 4.61. The van der Waals surface area contributed by atoms with E-state index in [4.69, 9.17) is 0 Å². The summed E-state index contributed by atoms with van der Waals surface area (Å²) in [4.78, 5) is 13.9. The van der Waals surface area contributed by atoms with E-state index in [0.717, 1.165) is 5.56 Å². The fraction of sp³-hybridized carbons (Fsp3) is 0.222. The molecule has 0 saturated heterocycles. The number of carbonyl (C=O) groups is 1. The summed E-state index contributed by atoms with van der Waals surface area (Å²) in [6.07, 6.45) is 0.635. The summed E-state index contributed by atoms with van der Waals surface area (Å²) in [5, 5.41) is 9.29. The molecule has 22 heavy (non-hydrogen) atoms. The molecule has 0 aliphatic heterocycles. The van der Waals surface area contributed by atoms with Crippen LogP contribution in [0.15, 0.2) is 60.7 Å². The van der Waals surface area contributed by atoms with Gasteiger partial charge in [0.05, 0.1) is 12.0 Å². The van der Waals surface area contributed by atoms with Gasteiger partial charge in [-0.15, -0.1) is 12.4 Å². The van der Waals surface area contributed by atoms with Crippen LogP contribution in [0, 0.1) is 11.3 Å². The van der Waals surface area contributed by atoms with E-state index < -0.39 is 0 Å². The summed E-state index contributed by atoms with van der Waals surface area (Å²) in [5.74, 6) is -0.197. The van der Waals surface area contributed by atoms with E-state index in [-0.39, 0.29) is 24.2 Å². The fourth-order valence-corrected chi connectivity index (χ4v) is 2.22. The molecule has 0 heterocycles. The molecule has 0 aromatic heterocycles. The summed E-state index contributed by atoms with van der Waals surface area (Å²) in [5.41, 5.74) is 1.67. The summed E-state index contributed by atoms with van der Waals surface area (Å²) in [6, 6.07) is 21.2. The van der Waals surface area contributed by atoms with Crippen LogP contribution in [-0.4, -0.2) is 24.4 Å². The first-order valence-corrected chi connectivity index (χ1v) is 6.97. The van der Waals surface area contributed by atoms with Crippen molar-refractivity contribution in [3.05, 3.63) is 71.8 Å². The Hall–Kier alpha value is -2.31. The Morgan fingerprint density at radius 1 is 1.09 bits per heavy atom. The van der Waals surface area contributed by atoms with Gasteiger partial charge in [-0.3, -0.25) is 4.79 Å². The van der Waals surface area contributed by atoms with Crippen LogP contribution in [0.4, 0.5) is 0 Å². The molecule has 1 amide bonds. The number of benzene rings is 2. The lowest BCUT2D eigenvalue weighted by Crippen LogP contribution is -2.28. The molecule has 114 valence electrons. The maximum atomic E-state index is 12.2. The van der Waals surface area contributed by atoms with Gasteiger partial charge in [0, 0.05) is 19.2 Å². The van der Waals surface area contributed by atoms with Crippen LogP contribution in [-0.2, 0) is 0 Å². The lowest BCUT2D eigenvalue weighted by atomic mass is 9.97. The highest BCUT2D eigenvalue weighted by molar-refractivity contribution is 5.93. The minimum Gasteiger partial charge on any atom is -0.342 e. The number of rotatable bonds is 5. The van der Waals surface area contributed by atoms with Gasteiger partial charge in [0.15, 0.2) is 0 Å². The van der Waals surface area contributed by atoms with Crippen LogP contribution in [0.1, 0.15) is 28.3 Å². The zero-order valence-corrected chi connectivity index (χ0v) is 13.3. The van der Waals surface area contributed by atoms with Crippen LogP contribution >= 0.6 is 12.4 Å². The second kappa shape index (κ2) is 8.86. The molecular weight excluding hydrogens is 296 g/mol. The summed E-state index contributed by atoms with van der Waals surface area (Å²) < 4.78 is 0. The summed E-state index contributed by atoms with van der Waals surface area (Å²) in [7, 11) is 1.77. The molecule has 2 aromatic rings. The minimum atomic E-state index is -0.183. The maximum Gasteiger partial charge on any atom is 0.253 e. The van der Waals surface area contributed by atoms with E-state index >= 15 is 0 Å². The first kappa shape index (κ1) is 17.7. The average molecular weight is 315 g/mol. The number of nitrogens with zero attached hydrogens (tertiary/aromatic N) is 2. The van der Waals surface area contributed by atoms with Gasteiger partial charge in [-0.1, -0.05) is 48.5 Å². The topological polar surface area (TPSA) is 44.1 Å². The molecule has 3 nitrogen and oxygen atoms in total. The molecule has 0 spiro atoms. The van der Waals surface area contributed by atoms with Crippen molar-refractivity contribution in [2.45, 2.75) is 12.3 Å². The van der Waals surface area contributed by atoms with E-state index in [0.29, 0.717) is 18.5 Å². The first-order valence-electron chi connectivity index (χ1n) is 6.97. The lowest BCUT2D eigenvalue weighted by Gasteiger charge is -2.19. The fourth-order valence-electron chi connectivity index (χ4n) is 2.22. The molecule has 1 atom stereocenters. The number of hydrogen-bond acceptors (Lipinski definition) is 2. The Labute approximate surface area is 137 Å². The van der Waals surface area contributed by atoms with Gasteiger partial charge in [0.25, 0.3) is 5.91 Å². The zero-order chi connectivity index (χ0) is 15.1. The van der Waals surface area contributed by atoms with E-state index in [1.165, 1.54) is 0 Å². The molecule has 0 aliphatic carbocycles. The molecule has 4 heteroatoms. The van der Waals surface area contributed by atoms with Crippen molar-refractivity contribution in [3.8, 4) is 6.07 Å². The van der Waals surface area contributed by atoms with Crippen molar-refractivity contribution in [1.29, 1.82) is 5.26 Å². The van der Waals surface area contributed by atoms with E-state index in [2.05, 4.69) is 6.07 Å². The highest BCUT2D eigenvalue weighted by Gasteiger charge is 2.15. The number of hydrogen-bond donors (Lipinski definition) is 0. The van der Waals surface area contributed by atoms with Gasteiger partial charge in [0.2, 0.25) is 0 Å². The zero-order valence-electron chi connectivity index (χ0n) is 12.5. The average Bonchev–Trinajstić information content (AvgIpc) is 2.56. The number of nitriles is 1. The van der Waals surface area contributed by atoms with Gasteiger partial charge in [-0.05, 0) is 24.1 Å². The third-order valence-corrected chi connectivity index (χ3v) is 3.48. The smallest absolute Gasteiger partial charge is 0.253 e. The second-order valence-electron chi connectivity index (χ2n) is 4.97. The van der Waals surface area contributed by atoms with Crippen LogP contribution in [0.3, 0.4) is 0 Å². The molecular formula is C18H19ClN2O. The second-order valence-corrected chi connectivity index (χ2v) is 4.97. The highest BCUT2D eigenvalue weighted by Crippen LogP contribution is 2.19. The van der Waals surface area contributed by atoms with Gasteiger partial charge in [-0.2, -0.15) is 5.26 Å². The van der Waals surface area contributed by atoms with Crippen molar-refractivity contribution in [3.63, 3.8) is 0 Å². The van der Waals surface area contributed by atoms with E-state index in [1.807, 2.05) is 48.5 Å². The Bertz CT molecular complexity index is 623. The van der Waals surface area contributed by atoms with Crippen molar-refractivity contribution < 1.29 is 4.79 Å². The normalized spacial score (nSPS) is 10.9. The van der Waals surface area contributed by atoms with Crippen molar-refractivity contribution >= 4 is 18.3 Å². The molecule has 2 rings (SSSR count). The van der Waals surface area contributed by atoms with Gasteiger partial charge in [0.1, 0.15) is 0 Å². The Morgan fingerprint density at radius 2 is 1.64 bits per heavy atom. The van der Waals surface area contributed by atoms with Crippen LogP contribution in [0.2, 0.25) is 0 Å². The van der Waals surface area contributed by atoms with Crippen LogP contribution in [0.25, 0.3) is 0 Å². The number of amides is 1. The predicted molar refractivity (Wildman–Crippen MR) is 90.1 cm³/mol. The SMILES string of the molecule is CN(CCC(C#N)c1ccccc1)C(=O)c1ccccc1.Cl. The molecule has 1 unspecified atom stereocenters. The molecule has 0 aliphatic rings. The monoisotopic (exact) mass is 314 g/mol. The van der Waals surface area contributed by atoms with Gasteiger partial charge < -0.3 is 4.90 Å². The predicted octanol–water partition coefficient (Wildman–Crippen LogP) is 3.88. The Kier molecular flexibility index (Phi) is 7.15. The number of halogens is 1. The van der Waals surface area contributed by atoms with Crippen LogP contribution in [0.5, 0.6) is 0 Å². The van der Waals surface area contributed by atoms with E-state index in [9.17, 15) is 10.1 Å². The van der Waals surface area contributed by atoms with Crippen LogP contribution < -0.4 is 0 Å². The minimum absolute atomic E-state index is 0. The van der Waals surface area contributed by atoms with E-state index in [1.54, 1.807) is 24.1 Å². The van der Waals surface area contributed by atoms with Crippen molar-refractivity contribution in [1.82, 2.24) is 4.90 Å². The maximum absolute atomic E-state index is 12.2. The Morgan fingerprint density at radius 3 is 2.18 bits per heavy atom. The molecule has 0 radical (unpaired) electrons. The molecule has 0 N–H and O–H groups in total. The van der Waals surface area contributed by atoms with Crippen molar-refractivity contribution in [2.24, 2.45) is 0 Å². The molecule has 0 bridgehead atoms. The lowest BCUT2D eigenvalue weighted by molar-refractivity contribution is 0.0792. The van der Waals surface area contributed by atoms with Gasteiger partial charge in [-0.25, -0.2) is 0 Å².